The average molecular weight is 292 g/mol. The van der Waals surface area contributed by atoms with Gasteiger partial charge in [0.2, 0.25) is 0 Å². The van der Waals surface area contributed by atoms with Crippen LogP contribution in [0.4, 0.5) is 5.69 Å². The van der Waals surface area contributed by atoms with Gasteiger partial charge in [0.1, 0.15) is 4.99 Å². The van der Waals surface area contributed by atoms with Crippen LogP contribution in [-0.4, -0.2) is 40.5 Å². The molecule has 1 fully saturated rings. The van der Waals surface area contributed by atoms with E-state index in [9.17, 15) is 0 Å². The lowest BCUT2D eigenvalue weighted by Crippen LogP contribution is -2.36. The lowest BCUT2D eigenvalue weighted by atomic mass is 10.1. The first kappa shape index (κ1) is 15.2. The number of nitrogens with two attached hydrogens (primary N) is 1. The molecular formula is C15H24N4S. The molecule has 2 heterocycles. The quantitative estimate of drug-likeness (QED) is 0.815. The van der Waals surface area contributed by atoms with Gasteiger partial charge in [-0.1, -0.05) is 12.2 Å². The number of aryl methyl sites for hydroxylation is 2. The summed E-state index contributed by atoms with van der Waals surface area (Å²) >= 11 is 5.15. The number of anilines is 1. The Bertz CT molecular complexity index is 495. The molecule has 0 aromatic carbocycles. The zero-order chi connectivity index (χ0) is 14.7. The van der Waals surface area contributed by atoms with Gasteiger partial charge < -0.3 is 11.1 Å². The van der Waals surface area contributed by atoms with E-state index in [1.54, 1.807) is 0 Å². The molecule has 1 aromatic heterocycles. The standard InChI is InChI=1S/C15H24N4S/c1-10-8-13(14(15(16)20)12(3)18-10)17-9-11(2)19-6-4-5-7-19/h8,11H,4-7,9H2,1-3H3,(H2,16,20)(H,17,18). The largest absolute Gasteiger partial charge is 0.389 e. The molecule has 1 aromatic rings. The van der Waals surface area contributed by atoms with E-state index in [4.69, 9.17) is 18.0 Å². The minimum Gasteiger partial charge on any atom is -0.389 e. The van der Waals surface area contributed by atoms with E-state index in [-0.39, 0.29) is 0 Å². The van der Waals surface area contributed by atoms with Gasteiger partial charge >= 0.3 is 0 Å². The van der Waals surface area contributed by atoms with Gasteiger partial charge in [-0.15, -0.1) is 0 Å². The molecule has 20 heavy (non-hydrogen) atoms. The molecular weight excluding hydrogens is 268 g/mol. The van der Waals surface area contributed by atoms with Crippen LogP contribution in [0.2, 0.25) is 0 Å². The Morgan fingerprint density at radius 1 is 1.45 bits per heavy atom. The predicted octanol–water partition coefficient (Wildman–Crippen LogP) is 2.23. The number of likely N-dealkylation sites (tertiary alicyclic amines) is 1. The van der Waals surface area contributed by atoms with Crippen LogP contribution in [0.5, 0.6) is 0 Å². The topological polar surface area (TPSA) is 54.2 Å². The van der Waals surface area contributed by atoms with Gasteiger partial charge in [-0.05, 0) is 52.8 Å². The van der Waals surface area contributed by atoms with Crippen molar-refractivity contribution in [3.63, 3.8) is 0 Å². The number of pyridine rings is 1. The van der Waals surface area contributed by atoms with Gasteiger partial charge in [0.05, 0.1) is 5.56 Å². The van der Waals surface area contributed by atoms with E-state index in [1.807, 2.05) is 19.9 Å². The average Bonchev–Trinajstić information content (AvgIpc) is 2.88. The normalized spacial score (nSPS) is 17.1. The predicted molar refractivity (Wildman–Crippen MR) is 88.4 cm³/mol. The molecule has 0 bridgehead atoms. The second-order valence-electron chi connectivity index (χ2n) is 5.61. The lowest BCUT2D eigenvalue weighted by Gasteiger charge is -2.25. The fourth-order valence-electron chi connectivity index (χ4n) is 2.85. The molecule has 0 aliphatic carbocycles. The Hall–Kier alpha value is -1.20. The molecule has 1 unspecified atom stereocenters. The number of hydrogen-bond donors (Lipinski definition) is 2. The molecule has 5 heteroatoms. The Kier molecular flexibility index (Phi) is 4.94. The van der Waals surface area contributed by atoms with Crippen LogP contribution in [0.3, 0.4) is 0 Å². The summed E-state index contributed by atoms with van der Waals surface area (Å²) in [5.74, 6) is 0. The Morgan fingerprint density at radius 3 is 2.70 bits per heavy atom. The van der Waals surface area contributed by atoms with Crippen molar-refractivity contribution in [1.29, 1.82) is 0 Å². The van der Waals surface area contributed by atoms with Gasteiger partial charge in [0.25, 0.3) is 0 Å². The lowest BCUT2D eigenvalue weighted by molar-refractivity contribution is 0.269. The van der Waals surface area contributed by atoms with Gasteiger partial charge in [-0.25, -0.2) is 0 Å². The molecule has 1 saturated heterocycles. The van der Waals surface area contributed by atoms with Gasteiger partial charge in [-0.2, -0.15) is 0 Å². The first-order valence-electron chi connectivity index (χ1n) is 7.25. The molecule has 2 rings (SSSR count). The highest BCUT2D eigenvalue weighted by atomic mass is 32.1. The maximum Gasteiger partial charge on any atom is 0.107 e. The number of aromatic nitrogens is 1. The monoisotopic (exact) mass is 292 g/mol. The second kappa shape index (κ2) is 6.50. The highest BCUT2D eigenvalue weighted by Crippen LogP contribution is 2.20. The molecule has 0 radical (unpaired) electrons. The van der Waals surface area contributed by atoms with Crippen molar-refractivity contribution in [3.05, 3.63) is 23.0 Å². The molecule has 4 nitrogen and oxygen atoms in total. The number of thiocarbonyl (C=S) groups is 1. The van der Waals surface area contributed by atoms with E-state index in [2.05, 4.69) is 22.1 Å². The van der Waals surface area contributed by atoms with Crippen molar-refractivity contribution in [2.75, 3.05) is 25.0 Å². The molecule has 1 atom stereocenters. The third-order valence-corrected chi connectivity index (χ3v) is 4.13. The summed E-state index contributed by atoms with van der Waals surface area (Å²) in [5, 5.41) is 3.50. The number of hydrogen-bond acceptors (Lipinski definition) is 4. The minimum absolute atomic E-state index is 0.409. The highest BCUT2D eigenvalue weighted by molar-refractivity contribution is 7.80. The van der Waals surface area contributed by atoms with E-state index in [1.165, 1.54) is 25.9 Å². The SMILES string of the molecule is Cc1cc(NCC(C)N2CCCC2)c(C(N)=S)c(C)n1. The van der Waals surface area contributed by atoms with Crippen molar-refractivity contribution in [2.45, 2.75) is 39.7 Å². The zero-order valence-corrected chi connectivity index (χ0v) is 13.4. The van der Waals surface area contributed by atoms with Crippen LogP contribution in [0, 0.1) is 13.8 Å². The number of nitrogens with zero attached hydrogens (tertiary/aromatic N) is 2. The molecule has 3 N–H and O–H groups in total. The number of rotatable bonds is 5. The zero-order valence-electron chi connectivity index (χ0n) is 12.6. The van der Waals surface area contributed by atoms with Crippen LogP contribution in [0.15, 0.2) is 6.07 Å². The first-order chi connectivity index (χ1) is 9.49. The highest BCUT2D eigenvalue weighted by Gasteiger charge is 2.18. The number of nitrogens with one attached hydrogen (secondary N) is 1. The summed E-state index contributed by atoms with van der Waals surface area (Å²) in [6.07, 6.45) is 2.63. The van der Waals surface area contributed by atoms with Gasteiger partial charge in [0, 0.05) is 29.7 Å². The van der Waals surface area contributed by atoms with Crippen LogP contribution >= 0.6 is 12.2 Å². The van der Waals surface area contributed by atoms with E-state index in [0.29, 0.717) is 11.0 Å². The maximum atomic E-state index is 5.84. The fraction of sp³-hybridized carbons (Fsp3) is 0.600. The van der Waals surface area contributed by atoms with Crippen LogP contribution in [0.1, 0.15) is 36.7 Å². The van der Waals surface area contributed by atoms with Gasteiger partial charge in [0.15, 0.2) is 0 Å². The molecule has 1 aliphatic heterocycles. The summed E-state index contributed by atoms with van der Waals surface area (Å²) < 4.78 is 0. The maximum absolute atomic E-state index is 5.84. The van der Waals surface area contributed by atoms with Crippen molar-refractivity contribution >= 4 is 22.9 Å². The Balaban J connectivity index is 2.10. The second-order valence-corrected chi connectivity index (χ2v) is 6.05. The van der Waals surface area contributed by atoms with Crippen LogP contribution in [0.25, 0.3) is 0 Å². The fourth-order valence-corrected chi connectivity index (χ4v) is 3.11. The van der Waals surface area contributed by atoms with Gasteiger partial charge in [-0.3, -0.25) is 9.88 Å². The Morgan fingerprint density at radius 2 is 2.10 bits per heavy atom. The molecule has 0 spiro atoms. The summed E-state index contributed by atoms with van der Waals surface area (Å²) in [7, 11) is 0. The van der Waals surface area contributed by atoms with Crippen molar-refractivity contribution in [1.82, 2.24) is 9.88 Å². The van der Waals surface area contributed by atoms with Crippen molar-refractivity contribution in [2.24, 2.45) is 5.73 Å². The molecule has 0 saturated carbocycles. The smallest absolute Gasteiger partial charge is 0.107 e. The van der Waals surface area contributed by atoms with E-state index >= 15 is 0 Å². The third-order valence-electron chi connectivity index (χ3n) is 3.93. The minimum atomic E-state index is 0.409. The van der Waals surface area contributed by atoms with Crippen LogP contribution < -0.4 is 11.1 Å². The van der Waals surface area contributed by atoms with E-state index < -0.39 is 0 Å². The first-order valence-corrected chi connectivity index (χ1v) is 7.66. The molecule has 1 aliphatic rings. The third kappa shape index (κ3) is 3.46. The molecule has 110 valence electrons. The summed E-state index contributed by atoms with van der Waals surface area (Å²) in [6, 6.07) is 2.54. The summed E-state index contributed by atoms with van der Waals surface area (Å²) in [6.45, 7) is 9.53. The summed E-state index contributed by atoms with van der Waals surface area (Å²) in [4.78, 5) is 7.37. The van der Waals surface area contributed by atoms with Crippen molar-refractivity contribution < 1.29 is 0 Å². The summed E-state index contributed by atoms with van der Waals surface area (Å²) in [5.41, 5.74) is 9.60. The van der Waals surface area contributed by atoms with Crippen molar-refractivity contribution in [3.8, 4) is 0 Å². The Labute approximate surface area is 126 Å². The van der Waals surface area contributed by atoms with Crippen LogP contribution in [-0.2, 0) is 0 Å². The van der Waals surface area contributed by atoms with E-state index in [0.717, 1.165) is 29.2 Å². The molecule has 0 amide bonds.